The van der Waals surface area contributed by atoms with E-state index in [4.69, 9.17) is 16.3 Å². The van der Waals surface area contributed by atoms with Crippen molar-refractivity contribution in [1.29, 1.82) is 0 Å². The van der Waals surface area contributed by atoms with Crippen LogP contribution in [0.2, 0.25) is 5.02 Å². The highest BCUT2D eigenvalue weighted by Gasteiger charge is 2.23. The molecule has 7 nitrogen and oxygen atoms in total. The van der Waals surface area contributed by atoms with Crippen LogP contribution in [0.15, 0.2) is 48.2 Å². The van der Waals surface area contributed by atoms with E-state index in [1.807, 2.05) is 24.6 Å². The molecule has 2 amide bonds. The van der Waals surface area contributed by atoms with E-state index in [0.717, 1.165) is 29.1 Å². The summed E-state index contributed by atoms with van der Waals surface area (Å²) in [5, 5.41) is 10.8. The maximum absolute atomic E-state index is 12.7. The van der Waals surface area contributed by atoms with E-state index in [1.54, 1.807) is 42.5 Å². The summed E-state index contributed by atoms with van der Waals surface area (Å²) < 4.78 is 7.73. The number of ether oxygens (including phenoxy) is 1. The maximum Gasteiger partial charge on any atom is 0.291 e. The van der Waals surface area contributed by atoms with Gasteiger partial charge in [-0.2, -0.15) is 5.10 Å². The maximum atomic E-state index is 12.7. The summed E-state index contributed by atoms with van der Waals surface area (Å²) in [5.41, 5.74) is 4.91. The number of halogens is 1. The highest BCUT2D eigenvalue weighted by molar-refractivity contribution is 6.30. The van der Waals surface area contributed by atoms with Gasteiger partial charge in [-0.25, -0.2) is 0 Å². The molecule has 1 aromatic heterocycles. The Morgan fingerprint density at radius 3 is 2.79 bits per heavy atom. The molecule has 3 aromatic rings. The van der Waals surface area contributed by atoms with E-state index >= 15 is 0 Å². The molecule has 1 aliphatic rings. The fraction of sp³-hybridized carbons (Fsp3) is 0.240. The molecule has 0 fully saturated rings. The molecule has 2 heterocycles. The molecule has 0 bridgehead atoms. The molecule has 2 N–H and O–H groups in total. The zero-order chi connectivity index (χ0) is 23.5. The zero-order valence-electron chi connectivity index (χ0n) is 18.7. The van der Waals surface area contributed by atoms with Crippen molar-refractivity contribution >= 4 is 35.2 Å². The van der Waals surface area contributed by atoms with E-state index in [-0.39, 0.29) is 17.6 Å². The van der Waals surface area contributed by atoms with Crippen molar-refractivity contribution in [3.63, 3.8) is 0 Å². The molecule has 2 aromatic carbocycles. The summed E-state index contributed by atoms with van der Waals surface area (Å²) in [4.78, 5) is 25.2. The molecular weight excluding hydrogens is 440 g/mol. The van der Waals surface area contributed by atoms with Gasteiger partial charge < -0.3 is 15.4 Å². The summed E-state index contributed by atoms with van der Waals surface area (Å²) in [7, 11) is 0. The normalized spacial score (nSPS) is 13.9. The third kappa shape index (κ3) is 4.93. The van der Waals surface area contributed by atoms with Gasteiger partial charge in [-0.05, 0) is 74.7 Å². The second-order valence-corrected chi connectivity index (χ2v) is 8.24. The van der Waals surface area contributed by atoms with E-state index in [1.165, 1.54) is 0 Å². The van der Waals surface area contributed by atoms with Crippen LogP contribution in [0.3, 0.4) is 0 Å². The summed E-state index contributed by atoms with van der Waals surface area (Å²) in [6.45, 7) is 7.39. The Kier molecular flexibility index (Phi) is 6.51. The number of carbonyl (C=O) groups is 2. The van der Waals surface area contributed by atoms with Crippen molar-refractivity contribution < 1.29 is 14.3 Å². The average Bonchev–Trinajstić information content (AvgIpc) is 3.07. The fourth-order valence-corrected chi connectivity index (χ4v) is 4.05. The van der Waals surface area contributed by atoms with Gasteiger partial charge in [0, 0.05) is 29.4 Å². The number of hydrogen-bond acceptors (Lipinski definition) is 4. The van der Waals surface area contributed by atoms with Gasteiger partial charge in [0.1, 0.15) is 0 Å². The van der Waals surface area contributed by atoms with Crippen LogP contribution in [0, 0.1) is 13.8 Å². The molecule has 0 spiro atoms. The number of hydrogen-bond donors (Lipinski definition) is 2. The molecule has 33 heavy (non-hydrogen) atoms. The molecular formula is C25H25ClN4O3. The van der Waals surface area contributed by atoms with Crippen molar-refractivity contribution in [2.75, 3.05) is 11.9 Å². The number of benzene rings is 2. The Hall–Kier alpha value is -3.58. The number of fused-ring (bicyclic) bond motifs is 1. The predicted molar refractivity (Wildman–Crippen MR) is 129 cm³/mol. The number of anilines is 1. The molecule has 0 unspecified atom stereocenters. The van der Waals surface area contributed by atoms with Gasteiger partial charge in [0.25, 0.3) is 11.8 Å². The van der Waals surface area contributed by atoms with Crippen molar-refractivity contribution in [2.24, 2.45) is 0 Å². The first kappa shape index (κ1) is 22.6. The quantitative estimate of drug-likeness (QED) is 0.525. The monoisotopic (exact) mass is 464 g/mol. The van der Waals surface area contributed by atoms with Crippen molar-refractivity contribution in [1.82, 2.24) is 15.1 Å². The molecule has 0 atom stereocenters. The lowest BCUT2D eigenvalue weighted by molar-refractivity contribution is -0.115. The van der Waals surface area contributed by atoms with Crippen LogP contribution in [0.4, 0.5) is 5.69 Å². The molecule has 8 heteroatoms. The van der Waals surface area contributed by atoms with Crippen LogP contribution in [0.25, 0.3) is 6.08 Å². The average molecular weight is 465 g/mol. The van der Waals surface area contributed by atoms with Crippen LogP contribution in [0.5, 0.6) is 5.75 Å². The minimum atomic E-state index is -0.390. The smallest absolute Gasteiger partial charge is 0.291 e. The molecule has 0 saturated carbocycles. The standard InChI is InChI=1S/C25H25ClN4O3/c1-4-30-16(3)20(15(2)29-30)10-11-27-24(31)18-8-9-22-21(14-18)28-25(32)23(33-22)13-17-6-5-7-19(26)12-17/h5-9,12-14H,4,10-11H2,1-3H3,(H,27,31)(H,28,32)/b23-13+. The van der Waals surface area contributed by atoms with Crippen LogP contribution >= 0.6 is 11.6 Å². The number of nitrogens with one attached hydrogen (secondary N) is 2. The van der Waals surface area contributed by atoms with Gasteiger partial charge in [-0.1, -0.05) is 23.7 Å². The highest BCUT2D eigenvalue weighted by atomic mass is 35.5. The molecule has 170 valence electrons. The number of aryl methyl sites for hydroxylation is 2. The Morgan fingerprint density at radius 2 is 2.06 bits per heavy atom. The van der Waals surface area contributed by atoms with E-state index < -0.39 is 0 Å². The molecule has 1 aliphatic heterocycles. The van der Waals surface area contributed by atoms with Crippen molar-refractivity contribution in [2.45, 2.75) is 33.7 Å². The van der Waals surface area contributed by atoms with E-state index in [0.29, 0.717) is 35.0 Å². The molecule has 4 rings (SSSR count). The zero-order valence-corrected chi connectivity index (χ0v) is 19.5. The summed E-state index contributed by atoms with van der Waals surface area (Å²) >= 11 is 6.01. The third-order valence-corrected chi connectivity index (χ3v) is 5.81. The van der Waals surface area contributed by atoms with Gasteiger partial charge in [0.05, 0.1) is 11.4 Å². The molecule has 0 saturated heterocycles. The minimum Gasteiger partial charge on any atom is -0.449 e. The van der Waals surface area contributed by atoms with Gasteiger partial charge in [0.2, 0.25) is 0 Å². The summed E-state index contributed by atoms with van der Waals surface area (Å²) in [6, 6.07) is 12.1. The largest absolute Gasteiger partial charge is 0.449 e. The molecule has 0 radical (unpaired) electrons. The van der Waals surface area contributed by atoms with Crippen LogP contribution in [-0.2, 0) is 17.8 Å². The lowest BCUT2D eigenvalue weighted by Gasteiger charge is -2.20. The summed E-state index contributed by atoms with van der Waals surface area (Å²) in [5.74, 6) is 0.0161. The van der Waals surface area contributed by atoms with Crippen LogP contribution in [-0.4, -0.2) is 28.1 Å². The number of carbonyl (C=O) groups excluding carboxylic acids is 2. The molecule has 0 aliphatic carbocycles. The lowest BCUT2D eigenvalue weighted by atomic mass is 10.1. The fourth-order valence-electron chi connectivity index (χ4n) is 3.86. The van der Waals surface area contributed by atoms with Crippen molar-refractivity contribution in [3.8, 4) is 5.75 Å². The van der Waals surface area contributed by atoms with E-state index in [9.17, 15) is 9.59 Å². The van der Waals surface area contributed by atoms with Gasteiger partial charge in [-0.15, -0.1) is 0 Å². The topological polar surface area (TPSA) is 85.3 Å². The Labute approximate surface area is 197 Å². The Morgan fingerprint density at radius 1 is 1.24 bits per heavy atom. The minimum absolute atomic E-state index is 0.153. The van der Waals surface area contributed by atoms with Gasteiger partial charge >= 0.3 is 0 Å². The number of aromatic nitrogens is 2. The first-order chi connectivity index (χ1) is 15.9. The number of rotatable bonds is 6. The van der Waals surface area contributed by atoms with Gasteiger partial charge in [-0.3, -0.25) is 14.3 Å². The van der Waals surface area contributed by atoms with Crippen LogP contribution in [0.1, 0.15) is 39.8 Å². The first-order valence-corrected chi connectivity index (χ1v) is 11.1. The highest BCUT2D eigenvalue weighted by Crippen LogP contribution is 2.32. The SMILES string of the molecule is CCn1nc(C)c(CCNC(=O)c2ccc3c(c2)NC(=O)/C(=C\c2cccc(Cl)c2)O3)c1C. The predicted octanol–water partition coefficient (Wildman–Crippen LogP) is 4.52. The third-order valence-electron chi connectivity index (χ3n) is 5.57. The number of amides is 2. The Bertz CT molecular complexity index is 1260. The summed E-state index contributed by atoms with van der Waals surface area (Å²) in [6.07, 6.45) is 2.32. The second-order valence-electron chi connectivity index (χ2n) is 7.80. The van der Waals surface area contributed by atoms with E-state index in [2.05, 4.69) is 22.7 Å². The number of nitrogens with zero attached hydrogens (tertiary/aromatic N) is 2. The Balaban J connectivity index is 1.42. The van der Waals surface area contributed by atoms with Crippen molar-refractivity contribution in [3.05, 3.63) is 81.3 Å². The second kappa shape index (κ2) is 9.50. The van der Waals surface area contributed by atoms with Crippen LogP contribution < -0.4 is 15.4 Å². The van der Waals surface area contributed by atoms with Gasteiger partial charge in [0.15, 0.2) is 11.5 Å². The first-order valence-electron chi connectivity index (χ1n) is 10.8. The lowest BCUT2D eigenvalue weighted by Crippen LogP contribution is -2.27.